The number of nitrogens with one attached hydrogen (secondary N) is 1. The van der Waals surface area contributed by atoms with Gasteiger partial charge in [-0.3, -0.25) is 4.79 Å². The van der Waals surface area contributed by atoms with E-state index >= 15 is 0 Å². The molecule has 0 spiro atoms. The molecule has 0 unspecified atom stereocenters. The van der Waals surface area contributed by atoms with E-state index in [9.17, 15) is 4.79 Å². The zero-order valence-corrected chi connectivity index (χ0v) is 13.0. The van der Waals surface area contributed by atoms with Crippen molar-refractivity contribution in [2.45, 2.75) is 18.3 Å². The van der Waals surface area contributed by atoms with Crippen molar-refractivity contribution in [2.24, 2.45) is 0 Å². The van der Waals surface area contributed by atoms with Crippen LogP contribution in [0.15, 0.2) is 53.0 Å². The Morgan fingerprint density at radius 3 is 2.40 bits per heavy atom. The van der Waals surface area contributed by atoms with Crippen LogP contribution < -0.4 is 5.32 Å². The zero-order valence-electron chi connectivity index (χ0n) is 10.7. The second-order valence-electron chi connectivity index (χ2n) is 5.00. The van der Waals surface area contributed by atoms with Crippen molar-refractivity contribution < 1.29 is 4.79 Å². The van der Waals surface area contributed by atoms with Crippen molar-refractivity contribution in [1.82, 2.24) is 0 Å². The number of carbonyl (C=O) groups is 1. The molecule has 0 saturated heterocycles. The fourth-order valence-electron chi connectivity index (χ4n) is 2.40. The smallest absolute Gasteiger partial charge is 0.235 e. The Morgan fingerprint density at radius 2 is 1.75 bits per heavy atom. The topological polar surface area (TPSA) is 29.1 Å². The molecule has 2 aromatic rings. The third-order valence-electron chi connectivity index (χ3n) is 3.70. The van der Waals surface area contributed by atoms with Crippen molar-refractivity contribution in [1.29, 1.82) is 0 Å². The number of benzene rings is 2. The Hall–Kier alpha value is -1.32. The van der Waals surface area contributed by atoms with Crippen molar-refractivity contribution in [3.63, 3.8) is 0 Å². The lowest BCUT2D eigenvalue weighted by Gasteiger charge is -2.17. The number of rotatable bonds is 3. The largest absolute Gasteiger partial charge is 0.324 e. The van der Waals surface area contributed by atoms with Crippen LogP contribution in [0, 0.1) is 0 Å². The molecule has 1 amide bonds. The normalized spacial score (nSPS) is 15.7. The maximum absolute atomic E-state index is 12.6. The number of para-hydroxylation sites is 1. The minimum Gasteiger partial charge on any atom is -0.324 e. The molecule has 102 valence electrons. The van der Waals surface area contributed by atoms with E-state index in [1.165, 1.54) is 0 Å². The van der Waals surface area contributed by atoms with Gasteiger partial charge in [-0.05, 0) is 52.5 Å². The Balaban J connectivity index is 1.88. The van der Waals surface area contributed by atoms with E-state index in [1.807, 2.05) is 48.5 Å². The standard InChI is InChI=1S/C16H13BrClNO/c17-12-6-2-4-8-14(12)19-15(20)16(9-10-16)11-5-1-3-7-13(11)18/h1-8H,9-10H2,(H,19,20). The molecule has 2 aromatic carbocycles. The van der Waals surface area contributed by atoms with E-state index in [4.69, 9.17) is 11.6 Å². The molecular weight excluding hydrogens is 338 g/mol. The Kier molecular flexibility index (Phi) is 3.57. The molecule has 3 rings (SSSR count). The number of hydrogen-bond donors (Lipinski definition) is 1. The lowest BCUT2D eigenvalue weighted by atomic mass is 9.95. The van der Waals surface area contributed by atoms with Crippen LogP contribution in [0.25, 0.3) is 0 Å². The summed E-state index contributed by atoms with van der Waals surface area (Å²) in [6, 6.07) is 15.2. The fourth-order valence-corrected chi connectivity index (χ4v) is 3.10. The molecule has 4 heteroatoms. The van der Waals surface area contributed by atoms with Crippen molar-refractivity contribution in [3.05, 3.63) is 63.6 Å². The highest BCUT2D eigenvalue weighted by atomic mass is 79.9. The quantitative estimate of drug-likeness (QED) is 0.848. The molecule has 1 aliphatic carbocycles. The summed E-state index contributed by atoms with van der Waals surface area (Å²) in [5.74, 6) is 0.0116. The molecule has 20 heavy (non-hydrogen) atoms. The van der Waals surface area contributed by atoms with Gasteiger partial charge in [-0.1, -0.05) is 41.9 Å². The predicted molar refractivity (Wildman–Crippen MR) is 85.1 cm³/mol. The van der Waals surface area contributed by atoms with E-state index in [2.05, 4.69) is 21.2 Å². The SMILES string of the molecule is O=C(Nc1ccccc1Br)C1(c2ccccc2Cl)CC1. The maximum Gasteiger partial charge on any atom is 0.235 e. The summed E-state index contributed by atoms with van der Waals surface area (Å²) in [4.78, 5) is 12.6. The van der Waals surface area contributed by atoms with E-state index in [-0.39, 0.29) is 5.91 Å². The van der Waals surface area contributed by atoms with E-state index in [1.54, 1.807) is 0 Å². The third-order valence-corrected chi connectivity index (χ3v) is 4.72. The average molecular weight is 351 g/mol. The van der Waals surface area contributed by atoms with Gasteiger partial charge in [0.05, 0.1) is 11.1 Å². The van der Waals surface area contributed by atoms with Crippen LogP contribution in [0.3, 0.4) is 0 Å². The van der Waals surface area contributed by atoms with Gasteiger partial charge in [0.15, 0.2) is 0 Å². The van der Waals surface area contributed by atoms with Gasteiger partial charge in [0.1, 0.15) is 0 Å². The molecule has 1 saturated carbocycles. The molecule has 1 aliphatic rings. The third kappa shape index (κ3) is 2.36. The summed E-state index contributed by atoms with van der Waals surface area (Å²) in [5, 5.41) is 3.65. The van der Waals surface area contributed by atoms with Crippen LogP contribution in [0.2, 0.25) is 5.02 Å². The van der Waals surface area contributed by atoms with Gasteiger partial charge in [0.25, 0.3) is 0 Å². The molecule has 0 bridgehead atoms. The first kappa shape index (κ1) is 13.7. The molecule has 0 heterocycles. The van der Waals surface area contributed by atoms with Crippen LogP contribution in [-0.4, -0.2) is 5.91 Å². The molecule has 0 aliphatic heterocycles. The van der Waals surface area contributed by atoms with Crippen LogP contribution in [0.1, 0.15) is 18.4 Å². The van der Waals surface area contributed by atoms with Crippen LogP contribution in [-0.2, 0) is 10.2 Å². The second kappa shape index (κ2) is 5.23. The average Bonchev–Trinajstić information content (AvgIpc) is 3.23. The van der Waals surface area contributed by atoms with Gasteiger partial charge in [0.2, 0.25) is 5.91 Å². The Bertz CT molecular complexity index is 667. The number of amides is 1. The van der Waals surface area contributed by atoms with Crippen molar-refractivity contribution >= 4 is 39.1 Å². The van der Waals surface area contributed by atoms with Crippen molar-refractivity contribution in [2.75, 3.05) is 5.32 Å². The summed E-state index contributed by atoms with van der Waals surface area (Å²) in [7, 11) is 0. The first-order valence-electron chi connectivity index (χ1n) is 6.44. The van der Waals surface area contributed by atoms with Gasteiger partial charge in [-0.2, -0.15) is 0 Å². The van der Waals surface area contributed by atoms with Gasteiger partial charge >= 0.3 is 0 Å². The first-order chi connectivity index (χ1) is 9.63. The minimum atomic E-state index is -0.465. The number of carbonyl (C=O) groups excluding carboxylic acids is 1. The van der Waals surface area contributed by atoms with Crippen LogP contribution in [0.5, 0.6) is 0 Å². The summed E-state index contributed by atoms with van der Waals surface area (Å²) in [5.41, 5.74) is 1.25. The lowest BCUT2D eigenvalue weighted by Crippen LogP contribution is -2.28. The maximum atomic E-state index is 12.6. The molecular formula is C16H13BrClNO. The number of anilines is 1. The predicted octanol–water partition coefficient (Wildman–Crippen LogP) is 4.77. The van der Waals surface area contributed by atoms with Crippen molar-refractivity contribution in [3.8, 4) is 0 Å². The van der Waals surface area contributed by atoms with Gasteiger partial charge in [-0.15, -0.1) is 0 Å². The molecule has 1 fully saturated rings. The summed E-state index contributed by atoms with van der Waals surface area (Å²) < 4.78 is 0.878. The Labute approximate surface area is 131 Å². The molecule has 0 aromatic heterocycles. The highest BCUT2D eigenvalue weighted by Gasteiger charge is 2.52. The van der Waals surface area contributed by atoms with Gasteiger partial charge in [-0.25, -0.2) is 0 Å². The summed E-state index contributed by atoms with van der Waals surface area (Å²) in [6.07, 6.45) is 1.68. The molecule has 1 N–H and O–H groups in total. The number of halogens is 2. The minimum absolute atomic E-state index is 0.0116. The first-order valence-corrected chi connectivity index (χ1v) is 7.61. The van der Waals surface area contributed by atoms with E-state index in [0.717, 1.165) is 28.6 Å². The summed E-state index contributed by atoms with van der Waals surface area (Å²) in [6.45, 7) is 0. The van der Waals surface area contributed by atoms with Gasteiger partial charge < -0.3 is 5.32 Å². The van der Waals surface area contributed by atoms with E-state index < -0.39 is 5.41 Å². The Morgan fingerprint density at radius 1 is 1.10 bits per heavy atom. The zero-order chi connectivity index (χ0) is 14.2. The lowest BCUT2D eigenvalue weighted by molar-refractivity contribution is -0.118. The van der Waals surface area contributed by atoms with E-state index in [0.29, 0.717) is 5.02 Å². The van der Waals surface area contributed by atoms with Crippen LogP contribution >= 0.6 is 27.5 Å². The molecule has 2 nitrogen and oxygen atoms in total. The number of hydrogen-bond acceptors (Lipinski definition) is 1. The monoisotopic (exact) mass is 349 g/mol. The highest BCUT2D eigenvalue weighted by molar-refractivity contribution is 9.10. The molecule has 0 atom stereocenters. The highest BCUT2D eigenvalue weighted by Crippen LogP contribution is 2.51. The van der Waals surface area contributed by atoms with Gasteiger partial charge in [0, 0.05) is 9.50 Å². The fraction of sp³-hybridized carbons (Fsp3) is 0.188. The molecule has 0 radical (unpaired) electrons. The summed E-state index contributed by atoms with van der Waals surface area (Å²) >= 11 is 9.68. The van der Waals surface area contributed by atoms with Crippen LogP contribution in [0.4, 0.5) is 5.69 Å². The second-order valence-corrected chi connectivity index (χ2v) is 6.26.